The Morgan fingerprint density at radius 3 is 0.750 bits per heavy atom. The number of rotatable bonds is 3. The summed E-state index contributed by atoms with van der Waals surface area (Å²) in [7, 11) is 12.4. The predicted molar refractivity (Wildman–Crippen MR) is 48.0 cm³/mol. The van der Waals surface area contributed by atoms with Crippen LogP contribution in [0.3, 0.4) is 0 Å². The highest BCUT2D eigenvalue weighted by Crippen LogP contribution is 2.40. The molecule has 0 aromatic carbocycles. The lowest BCUT2D eigenvalue weighted by molar-refractivity contribution is -0.001000. The summed E-state index contributed by atoms with van der Waals surface area (Å²) >= 11 is 0. The molecule has 0 aliphatic carbocycles. The van der Waals surface area contributed by atoms with Crippen LogP contribution in [0.5, 0.6) is 0 Å². The summed E-state index contributed by atoms with van der Waals surface area (Å²) in [4.78, 5) is 0. The van der Waals surface area contributed by atoms with E-state index in [2.05, 4.69) is 56.3 Å². The first-order chi connectivity index (χ1) is 4.46. The Hall–Kier alpha value is 0.890. The summed E-state index contributed by atoms with van der Waals surface area (Å²) in [6.07, 6.45) is 0. The van der Waals surface area contributed by atoms with Crippen molar-refractivity contribution in [1.82, 2.24) is 14.0 Å². The van der Waals surface area contributed by atoms with Gasteiger partial charge in [0.1, 0.15) is 8.37 Å². The molecule has 0 aromatic heterocycles. The summed E-state index contributed by atoms with van der Waals surface area (Å²) < 4.78 is 6.69. The molecule has 0 aromatic rings. The molecule has 6 heteroatoms. The maximum absolute atomic E-state index is 2.23. The van der Waals surface area contributed by atoms with E-state index >= 15 is 0 Å². The first-order valence-electron chi connectivity index (χ1n) is 3.28. The van der Waals surface area contributed by atoms with E-state index in [1.165, 1.54) is 0 Å². The average Bonchev–Trinajstić information content (AvgIpc) is 1.59. The highest BCUT2D eigenvalue weighted by atomic mass is 35.5. The van der Waals surface area contributed by atoms with Crippen LogP contribution in [0.2, 0.25) is 0 Å². The van der Waals surface area contributed by atoms with Gasteiger partial charge in [0.15, 0.2) is 0 Å². The van der Waals surface area contributed by atoms with Gasteiger partial charge in [-0.3, -0.25) is 14.0 Å². The number of hydrogen-bond donors (Lipinski definition) is 0. The van der Waals surface area contributed by atoms with Crippen LogP contribution in [0.4, 0.5) is 0 Å². The summed E-state index contributed by atoms with van der Waals surface area (Å²) in [5.41, 5.74) is 0. The second kappa shape index (κ2) is 8.49. The predicted octanol–water partition coefficient (Wildman–Crippen LogP) is -5.09. The van der Waals surface area contributed by atoms with Gasteiger partial charge in [-0.05, 0) is 42.3 Å². The number of hydrogen-bond acceptors (Lipinski definition) is 3. The van der Waals surface area contributed by atoms with Gasteiger partial charge in [-0.15, -0.1) is 0 Å². The van der Waals surface area contributed by atoms with E-state index in [9.17, 15) is 0 Å². The molecule has 0 bridgehead atoms. The van der Waals surface area contributed by atoms with Crippen LogP contribution in [-0.2, 0) is 0 Å². The molecule has 0 saturated carbocycles. The third-order valence-electron chi connectivity index (χ3n) is 1.07. The molecule has 0 aliphatic rings. The molecule has 78 valence electrons. The van der Waals surface area contributed by atoms with Crippen molar-refractivity contribution in [3.8, 4) is 0 Å². The second-order valence-corrected chi connectivity index (χ2v) is 5.75. The smallest absolute Gasteiger partial charge is 0.118 e. The van der Waals surface area contributed by atoms with Gasteiger partial charge in [-0.25, -0.2) is 0 Å². The fourth-order valence-electron chi connectivity index (χ4n) is 1.07. The zero-order valence-electron chi connectivity index (χ0n) is 8.54. The SMILES string of the molecule is CN(C)P(N(C)C)N(C)C.[Cl-].[Cl-]. The molecule has 0 amide bonds. The molecule has 0 saturated heterocycles. The van der Waals surface area contributed by atoms with Gasteiger partial charge in [0.25, 0.3) is 0 Å². The van der Waals surface area contributed by atoms with Crippen molar-refractivity contribution in [2.75, 3.05) is 42.3 Å². The van der Waals surface area contributed by atoms with Crippen molar-refractivity contribution < 1.29 is 24.8 Å². The second-order valence-electron chi connectivity index (χ2n) is 2.81. The minimum atomic E-state index is -0.238. The van der Waals surface area contributed by atoms with Gasteiger partial charge < -0.3 is 24.8 Å². The monoisotopic (exact) mass is 233 g/mol. The lowest BCUT2D eigenvalue weighted by Crippen LogP contribution is -3.00. The Labute approximate surface area is 89.8 Å². The molecular formula is C6H18Cl2N3P-2. The van der Waals surface area contributed by atoms with E-state index in [0.717, 1.165) is 0 Å². The lowest BCUT2D eigenvalue weighted by atomic mass is 11.2. The van der Waals surface area contributed by atoms with Gasteiger partial charge in [-0.2, -0.15) is 0 Å². The van der Waals surface area contributed by atoms with Gasteiger partial charge in [0.2, 0.25) is 0 Å². The largest absolute Gasteiger partial charge is 1.00 e. The van der Waals surface area contributed by atoms with Gasteiger partial charge in [0, 0.05) is 0 Å². The van der Waals surface area contributed by atoms with Crippen molar-refractivity contribution in [2.24, 2.45) is 0 Å². The minimum absolute atomic E-state index is 0. The van der Waals surface area contributed by atoms with Gasteiger partial charge >= 0.3 is 0 Å². The fraction of sp³-hybridized carbons (Fsp3) is 1.00. The van der Waals surface area contributed by atoms with Crippen LogP contribution in [0.25, 0.3) is 0 Å². The molecule has 0 aliphatic heterocycles. The standard InChI is InChI=1S/C6H18N3P.2ClH/c1-7(2)10(8(3)4)9(5)6;;/h1-6H3;2*1H/p-2. The zero-order chi connectivity index (χ0) is 8.31. The summed E-state index contributed by atoms with van der Waals surface area (Å²) in [5, 5.41) is 0. The third-order valence-corrected chi connectivity index (χ3v) is 3.22. The summed E-state index contributed by atoms with van der Waals surface area (Å²) in [5.74, 6) is 0. The van der Waals surface area contributed by atoms with Crippen LogP contribution in [0, 0.1) is 0 Å². The first kappa shape index (κ1) is 18.6. The topological polar surface area (TPSA) is 9.72 Å². The summed E-state index contributed by atoms with van der Waals surface area (Å²) in [6.45, 7) is 0. The molecule has 12 heavy (non-hydrogen) atoms. The van der Waals surface area contributed by atoms with Crippen molar-refractivity contribution in [1.29, 1.82) is 0 Å². The molecule has 0 atom stereocenters. The molecule has 0 spiro atoms. The van der Waals surface area contributed by atoms with Crippen molar-refractivity contribution in [3.05, 3.63) is 0 Å². The molecule has 0 rings (SSSR count). The number of nitrogens with zero attached hydrogens (tertiary/aromatic N) is 3. The Bertz CT molecular complexity index is 81.8. The van der Waals surface area contributed by atoms with Gasteiger partial charge in [-0.1, -0.05) is 0 Å². The van der Waals surface area contributed by atoms with Crippen molar-refractivity contribution in [2.45, 2.75) is 0 Å². The van der Waals surface area contributed by atoms with E-state index in [4.69, 9.17) is 0 Å². The Balaban J connectivity index is -0.000000405. The van der Waals surface area contributed by atoms with Crippen molar-refractivity contribution in [3.63, 3.8) is 0 Å². The minimum Gasteiger partial charge on any atom is -1.00 e. The molecule has 0 N–H and O–H groups in total. The maximum atomic E-state index is 2.23. The van der Waals surface area contributed by atoms with Crippen LogP contribution >= 0.6 is 8.37 Å². The number of halogens is 2. The molecule has 0 radical (unpaired) electrons. The van der Waals surface area contributed by atoms with Crippen LogP contribution in [0.1, 0.15) is 0 Å². The normalized spacial score (nSPS) is 10.5. The van der Waals surface area contributed by atoms with E-state index in [-0.39, 0.29) is 33.2 Å². The Kier molecular flexibility index (Phi) is 13.2. The van der Waals surface area contributed by atoms with Crippen LogP contribution in [-0.4, -0.2) is 56.3 Å². The Morgan fingerprint density at radius 2 is 0.750 bits per heavy atom. The average molecular weight is 234 g/mol. The van der Waals surface area contributed by atoms with E-state index in [0.29, 0.717) is 0 Å². The first-order valence-corrected chi connectivity index (χ1v) is 4.48. The van der Waals surface area contributed by atoms with Crippen molar-refractivity contribution >= 4 is 8.37 Å². The molecule has 0 heterocycles. The quantitative estimate of drug-likeness (QED) is 0.452. The molecule has 3 nitrogen and oxygen atoms in total. The van der Waals surface area contributed by atoms with E-state index in [1.54, 1.807) is 0 Å². The maximum Gasteiger partial charge on any atom is 0.118 e. The van der Waals surface area contributed by atoms with Gasteiger partial charge in [0.05, 0.1) is 0 Å². The highest BCUT2D eigenvalue weighted by Gasteiger charge is 2.15. The third kappa shape index (κ3) is 6.41. The molecular weight excluding hydrogens is 216 g/mol. The molecule has 0 unspecified atom stereocenters. The fourth-order valence-corrected chi connectivity index (χ4v) is 3.22. The highest BCUT2D eigenvalue weighted by molar-refractivity contribution is 7.49. The zero-order valence-corrected chi connectivity index (χ0v) is 11.0. The Morgan fingerprint density at radius 1 is 0.583 bits per heavy atom. The van der Waals surface area contributed by atoms with Crippen LogP contribution in [0.15, 0.2) is 0 Å². The lowest BCUT2D eigenvalue weighted by Gasteiger charge is -2.34. The summed E-state index contributed by atoms with van der Waals surface area (Å²) in [6, 6.07) is 0. The van der Waals surface area contributed by atoms with Crippen LogP contribution < -0.4 is 24.8 Å². The van der Waals surface area contributed by atoms with E-state index < -0.39 is 0 Å². The molecule has 0 fully saturated rings. The van der Waals surface area contributed by atoms with E-state index in [1.807, 2.05) is 0 Å².